The number of carbonyl (C=O) groups excluding carboxylic acids is 6. The summed E-state index contributed by atoms with van der Waals surface area (Å²) in [5, 5.41) is 66.3. The van der Waals surface area contributed by atoms with E-state index < -0.39 is 105 Å². The highest BCUT2D eigenvalue weighted by Gasteiger charge is 2.52. The van der Waals surface area contributed by atoms with Gasteiger partial charge in [-0.05, 0) is 61.2 Å². The molecule has 0 aromatic heterocycles. The smallest absolute Gasteiger partial charge is 0.335 e. The number of aliphatic carboxylic acids is 1. The summed E-state index contributed by atoms with van der Waals surface area (Å²) < 4.78 is 28.3. The van der Waals surface area contributed by atoms with Crippen LogP contribution >= 0.6 is 11.8 Å². The highest BCUT2D eigenvalue weighted by atomic mass is 32.2. The third-order valence-corrected chi connectivity index (χ3v) is 13.9. The first kappa shape index (κ1) is 60.7. The molecule has 424 valence electrons. The Kier molecular flexibility index (Phi) is 22.5. The van der Waals surface area contributed by atoms with E-state index in [2.05, 4.69) is 10.6 Å². The van der Waals surface area contributed by atoms with E-state index >= 15 is 0 Å². The average molecular weight is 1110 g/mol. The monoisotopic (exact) mass is 1110 g/mol. The van der Waals surface area contributed by atoms with Gasteiger partial charge in [-0.25, -0.2) is 4.79 Å². The molecule has 0 spiro atoms. The largest absolute Gasteiger partial charge is 0.508 e. The zero-order chi connectivity index (χ0) is 56.5. The Morgan fingerprint density at radius 1 is 0.872 bits per heavy atom. The van der Waals surface area contributed by atoms with Gasteiger partial charge in [0.2, 0.25) is 23.6 Å². The van der Waals surface area contributed by atoms with Crippen molar-refractivity contribution in [1.29, 1.82) is 0 Å². The maximum Gasteiger partial charge on any atom is 0.335 e. The Balaban J connectivity index is 1.02. The van der Waals surface area contributed by atoms with E-state index in [1.165, 1.54) is 29.2 Å². The number of aromatic hydroxyl groups is 1. The quantitative estimate of drug-likeness (QED) is 0.0271. The minimum atomic E-state index is -2.03. The van der Waals surface area contributed by atoms with Crippen molar-refractivity contribution in [3.8, 4) is 28.2 Å². The maximum absolute atomic E-state index is 14.2. The predicted molar refractivity (Wildman–Crippen MR) is 281 cm³/mol. The van der Waals surface area contributed by atoms with E-state index in [9.17, 15) is 69.0 Å². The number of aliphatic hydroxyl groups is 4. The number of rotatable bonds is 28. The molecule has 25 heteroatoms. The van der Waals surface area contributed by atoms with E-state index in [0.29, 0.717) is 59.1 Å². The SMILES string of the molecule is CSCCC(=O)CCCOCCOCCN(CC(=O)NCC(=O)N[C@H]1[C@H]([C@H](O)[C@H](O)CO)O[C@@](C)(C(=O)O)C[C@@H]1O)C(=O)COCC(=O)N1CCN(C(=O)c2ccccc2-c2c3ccc(=O)cc-3oc3cc(O)ccc23)CC1. The molecule has 0 radical (unpaired) electrons. The van der Waals surface area contributed by atoms with Crippen molar-refractivity contribution < 1.29 is 87.6 Å². The number of hydrogen-bond donors (Lipinski definition) is 8. The zero-order valence-electron chi connectivity index (χ0n) is 43.3. The van der Waals surface area contributed by atoms with Crippen LogP contribution in [-0.4, -0.2) is 227 Å². The van der Waals surface area contributed by atoms with Gasteiger partial charge < -0.3 is 79.3 Å². The summed E-state index contributed by atoms with van der Waals surface area (Å²) in [5.74, 6) is -3.60. The third-order valence-electron chi connectivity index (χ3n) is 13.3. The molecule has 2 saturated heterocycles. The van der Waals surface area contributed by atoms with Crippen LogP contribution in [-0.2, 0) is 47.7 Å². The molecule has 5 amide bonds. The first-order valence-corrected chi connectivity index (χ1v) is 26.7. The number of carbonyl (C=O) groups is 7. The second-order valence-corrected chi connectivity index (χ2v) is 19.9. The number of carboxylic acids is 1. The molecule has 78 heavy (non-hydrogen) atoms. The van der Waals surface area contributed by atoms with Crippen molar-refractivity contribution in [2.45, 2.75) is 68.7 Å². The maximum atomic E-state index is 14.2. The molecule has 8 N–H and O–H groups in total. The molecule has 0 bridgehead atoms. The fourth-order valence-corrected chi connectivity index (χ4v) is 9.44. The van der Waals surface area contributed by atoms with Gasteiger partial charge in [0, 0.05) is 92.8 Å². The number of carboxylic acid groups (broad SMARTS) is 1. The summed E-state index contributed by atoms with van der Waals surface area (Å²) in [6, 6.07) is 14.5. The number of Topliss-reactive ketones (excluding diaryl/α,β-unsaturated/α-hetero) is 1. The second kappa shape index (κ2) is 28.9. The van der Waals surface area contributed by atoms with Gasteiger partial charge in [0.05, 0.1) is 51.7 Å². The van der Waals surface area contributed by atoms with Gasteiger partial charge in [-0.15, -0.1) is 0 Å². The van der Waals surface area contributed by atoms with E-state index in [-0.39, 0.29) is 81.2 Å². The fraction of sp³-hybridized carbons (Fsp3) is 0.509. The van der Waals surface area contributed by atoms with Gasteiger partial charge in [0.15, 0.2) is 11.0 Å². The number of benzene rings is 3. The highest BCUT2D eigenvalue weighted by Crippen LogP contribution is 2.42. The molecule has 2 aromatic rings. The van der Waals surface area contributed by atoms with Crippen LogP contribution in [0.4, 0.5) is 0 Å². The normalized spacial score (nSPS) is 19.3. The number of piperazine rings is 1. The van der Waals surface area contributed by atoms with Crippen molar-refractivity contribution in [2.24, 2.45) is 0 Å². The van der Waals surface area contributed by atoms with E-state index in [0.717, 1.165) is 17.6 Å². The lowest BCUT2D eigenvalue weighted by Gasteiger charge is -2.45. The van der Waals surface area contributed by atoms with Crippen molar-refractivity contribution >= 4 is 64.0 Å². The molecular formula is C53H67N5O19S. The third kappa shape index (κ3) is 16.3. The summed E-state index contributed by atoms with van der Waals surface area (Å²) in [5.41, 5.74) is 0.139. The standard InChI is InChI=1S/C53H67N5O19S/c1-53(52(71)72)26-39(63)48(50(77-53)49(69)40(64)29-59)55-43(65)27-54-44(66)28-58(18-20-74-22-21-73-19-5-6-32(60)13-23-78-2)46(68)31-75-30-45(67)56-14-16-57(17-15-56)51(70)36-8-4-3-7-35(36)47-37-11-9-33(61)24-41(37)76-42-25-34(62)10-12-38(42)47/h3-4,7-12,24-25,39-40,48-50,59,61,63-64,69H,5-6,13-23,26-31H2,1-2H3,(H,54,66)(H,55,65)(H,71,72)/t39-,40+,48+,49+,50+,53+/m0/s1. The molecule has 3 heterocycles. The fourth-order valence-electron chi connectivity index (χ4n) is 9.01. The molecule has 2 aromatic carbocycles. The summed E-state index contributed by atoms with van der Waals surface area (Å²) in [7, 11) is 0. The van der Waals surface area contributed by atoms with Crippen molar-refractivity contribution in [3.63, 3.8) is 0 Å². The Morgan fingerprint density at radius 3 is 2.31 bits per heavy atom. The Labute approximate surface area is 452 Å². The molecule has 0 unspecified atom stereocenters. The van der Waals surface area contributed by atoms with Gasteiger partial charge in [-0.2, -0.15) is 11.8 Å². The number of amides is 5. The second-order valence-electron chi connectivity index (χ2n) is 19.0. The predicted octanol–water partition coefficient (Wildman–Crippen LogP) is -0.156. The molecule has 24 nitrogen and oxygen atoms in total. The van der Waals surface area contributed by atoms with Crippen molar-refractivity contribution in [2.75, 3.05) is 104 Å². The number of thioether (sulfide) groups is 1. The van der Waals surface area contributed by atoms with Crippen LogP contribution in [0.25, 0.3) is 33.4 Å². The Bertz CT molecular complexity index is 2770. The molecule has 0 saturated carbocycles. The van der Waals surface area contributed by atoms with Crippen molar-refractivity contribution in [1.82, 2.24) is 25.3 Å². The number of ketones is 1. The molecule has 2 fully saturated rings. The van der Waals surface area contributed by atoms with Crippen LogP contribution in [0.5, 0.6) is 5.75 Å². The number of phenolic OH excluding ortho intramolecular Hbond substituents is 1. The lowest BCUT2D eigenvalue weighted by atomic mass is 9.84. The van der Waals surface area contributed by atoms with Crippen LogP contribution in [0, 0.1) is 0 Å². The lowest BCUT2D eigenvalue weighted by Crippen LogP contribution is -2.67. The van der Waals surface area contributed by atoms with Crippen molar-refractivity contribution in [3.05, 3.63) is 76.5 Å². The number of ether oxygens (including phenoxy) is 4. The van der Waals surface area contributed by atoms with Crippen LogP contribution in [0.2, 0.25) is 0 Å². The molecule has 3 aliphatic heterocycles. The summed E-state index contributed by atoms with van der Waals surface area (Å²) in [6.07, 6.45) is -4.27. The van der Waals surface area contributed by atoms with Gasteiger partial charge in [-0.1, -0.05) is 18.2 Å². The Morgan fingerprint density at radius 2 is 1.59 bits per heavy atom. The van der Waals surface area contributed by atoms with E-state index in [1.54, 1.807) is 53.1 Å². The van der Waals surface area contributed by atoms with Crippen LogP contribution in [0.1, 0.15) is 43.0 Å². The number of phenols is 1. The Hall–Kier alpha value is -6.55. The molecule has 1 aliphatic carbocycles. The summed E-state index contributed by atoms with van der Waals surface area (Å²) in [6.45, 7) is -1.29. The number of aliphatic hydroxyl groups excluding tert-OH is 4. The molecule has 6 rings (SSSR count). The summed E-state index contributed by atoms with van der Waals surface area (Å²) in [4.78, 5) is 108. The van der Waals surface area contributed by atoms with Crippen LogP contribution in [0.3, 0.4) is 0 Å². The van der Waals surface area contributed by atoms with E-state index in [4.69, 9.17) is 23.4 Å². The average Bonchev–Trinajstić information content (AvgIpc) is 3.62. The lowest BCUT2D eigenvalue weighted by molar-refractivity contribution is -0.224. The number of nitrogens with one attached hydrogen (secondary N) is 2. The number of fused-ring (bicyclic) bond motifs is 2. The summed E-state index contributed by atoms with van der Waals surface area (Å²) >= 11 is 1.60. The van der Waals surface area contributed by atoms with Gasteiger partial charge >= 0.3 is 5.97 Å². The topological polar surface area (TPSA) is 342 Å². The number of hydrogen-bond acceptors (Lipinski definition) is 19. The van der Waals surface area contributed by atoms with Gasteiger partial charge in [-0.3, -0.25) is 33.6 Å². The van der Waals surface area contributed by atoms with E-state index in [1.807, 2.05) is 6.26 Å². The van der Waals surface area contributed by atoms with Crippen LogP contribution in [0.15, 0.2) is 69.9 Å². The first-order valence-electron chi connectivity index (χ1n) is 25.3. The molecular weight excluding hydrogens is 1040 g/mol. The van der Waals surface area contributed by atoms with Gasteiger partial charge in [0.25, 0.3) is 5.91 Å². The van der Waals surface area contributed by atoms with Crippen LogP contribution < -0.4 is 16.1 Å². The minimum Gasteiger partial charge on any atom is -0.508 e. The van der Waals surface area contributed by atoms with Gasteiger partial charge in [0.1, 0.15) is 54.4 Å². The molecule has 6 atom stereocenters. The first-order chi connectivity index (χ1) is 37.3. The minimum absolute atomic E-state index is 0.0456. The zero-order valence-corrected chi connectivity index (χ0v) is 44.2. The highest BCUT2D eigenvalue weighted by molar-refractivity contribution is 7.98. The molecule has 4 aliphatic rings. The number of nitrogens with zero attached hydrogens (tertiary/aromatic N) is 3.